The maximum atomic E-state index is 10.5. The minimum absolute atomic E-state index is 0.0792. The van der Waals surface area contributed by atoms with Crippen LogP contribution in [0.4, 0.5) is 0 Å². The predicted molar refractivity (Wildman–Crippen MR) is 44.4 cm³/mol. The summed E-state index contributed by atoms with van der Waals surface area (Å²) in [6, 6.07) is 0. The highest BCUT2D eigenvalue weighted by Gasteiger charge is 2.37. The van der Waals surface area contributed by atoms with E-state index in [0.717, 1.165) is 0 Å². The first-order valence-corrected chi connectivity index (χ1v) is 4.31. The lowest BCUT2D eigenvalue weighted by atomic mass is 10.0. The number of carbonyl (C=O) groups is 1. The van der Waals surface area contributed by atoms with Crippen molar-refractivity contribution in [1.82, 2.24) is 0 Å². The van der Waals surface area contributed by atoms with E-state index in [2.05, 4.69) is 4.74 Å². The maximum Gasteiger partial charge on any atom is 0.302 e. The Morgan fingerprint density at radius 2 is 2.07 bits per heavy atom. The van der Waals surface area contributed by atoms with Gasteiger partial charge in [-0.2, -0.15) is 0 Å². The average Bonchev–Trinajstić information content (AvgIpc) is 2.13. The van der Waals surface area contributed by atoms with E-state index in [1.54, 1.807) is 0 Å². The Bertz CT molecular complexity index is 206. The molecule has 1 aliphatic heterocycles. The summed E-state index contributed by atoms with van der Waals surface area (Å²) < 4.78 is 9.60. The fourth-order valence-corrected chi connectivity index (χ4v) is 1.21. The molecule has 0 bridgehead atoms. The number of hydrogen-bond acceptors (Lipinski definition) is 6. The van der Waals surface area contributed by atoms with Gasteiger partial charge in [0.05, 0.1) is 6.61 Å². The molecule has 1 rings (SSSR count). The van der Waals surface area contributed by atoms with E-state index in [0.29, 0.717) is 0 Å². The number of aliphatic hydroxyl groups is 3. The molecule has 4 atom stereocenters. The second-order valence-corrected chi connectivity index (χ2v) is 3.22. The highest BCUT2D eigenvalue weighted by Crippen LogP contribution is 2.15. The van der Waals surface area contributed by atoms with Crippen molar-refractivity contribution in [2.45, 2.75) is 31.3 Å². The number of hydrogen-bond donors (Lipinski definition) is 3. The molecule has 0 aromatic carbocycles. The average molecular weight is 206 g/mol. The van der Waals surface area contributed by atoms with Gasteiger partial charge in [-0.1, -0.05) is 0 Å². The molecule has 82 valence electrons. The quantitative estimate of drug-likeness (QED) is 0.454. The summed E-state index contributed by atoms with van der Waals surface area (Å²) in [5, 5.41) is 27.8. The molecule has 1 fully saturated rings. The second kappa shape index (κ2) is 4.70. The van der Waals surface area contributed by atoms with Gasteiger partial charge in [-0.3, -0.25) is 4.79 Å². The van der Waals surface area contributed by atoms with E-state index < -0.39 is 30.4 Å². The topological polar surface area (TPSA) is 96.2 Å². The molecule has 3 N–H and O–H groups in total. The molecule has 0 saturated carbocycles. The smallest absolute Gasteiger partial charge is 0.302 e. The van der Waals surface area contributed by atoms with Crippen molar-refractivity contribution in [1.29, 1.82) is 0 Å². The van der Waals surface area contributed by atoms with Gasteiger partial charge >= 0.3 is 5.97 Å². The first kappa shape index (κ1) is 11.4. The Kier molecular flexibility index (Phi) is 3.82. The molecule has 0 spiro atoms. The summed E-state index contributed by atoms with van der Waals surface area (Å²) in [4.78, 5) is 10.5. The number of carbonyl (C=O) groups excluding carboxylic acids is 1. The standard InChI is InChI=1S/C8H14O6/c1-4(9)13-3-6-8(12)7(11)5(10)2-14-6/h5-8,10-12H,2-3H2,1H3/t5-,6-,7-,8-/m1/s1. The SMILES string of the molecule is CC(=O)OC[C@H]1OC[C@@H](O)[C@@H](O)[C@@H]1O. The van der Waals surface area contributed by atoms with Crippen molar-refractivity contribution in [2.75, 3.05) is 13.2 Å². The van der Waals surface area contributed by atoms with Crippen LogP contribution in [-0.4, -0.2) is 58.9 Å². The van der Waals surface area contributed by atoms with Crippen LogP contribution in [0.2, 0.25) is 0 Å². The van der Waals surface area contributed by atoms with Crippen molar-refractivity contribution < 1.29 is 29.6 Å². The van der Waals surface area contributed by atoms with Gasteiger partial charge in [0.15, 0.2) is 0 Å². The van der Waals surface area contributed by atoms with Crippen LogP contribution in [0.25, 0.3) is 0 Å². The van der Waals surface area contributed by atoms with Crippen LogP contribution in [0.1, 0.15) is 6.92 Å². The zero-order chi connectivity index (χ0) is 10.7. The van der Waals surface area contributed by atoms with Gasteiger partial charge in [0.25, 0.3) is 0 Å². The van der Waals surface area contributed by atoms with Crippen molar-refractivity contribution in [3.05, 3.63) is 0 Å². The van der Waals surface area contributed by atoms with Crippen LogP contribution < -0.4 is 0 Å². The van der Waals surface area contributed by atoms with E-state index in [1.807, 2.05) is 0 Å². The second-order valence-electron chi connectivity index (χ2n) is 3.22. The van der Waals surface area contributed by atoms with E-state index in [4.69, 9.17) is 9.84 Å². The Hall–Kier alpha value is -0.690. The van der Waals surface area contributed by atoms with E-state index in [1.165, 1.54) is 6.92 Å². The van der Waals surface area contributed by atoms with Crippen LogP contribution in [0.5, 0.6) is 0 Å². The predicted octanol–water partition coefficient (Wildman–Crippen LogP) is -1.97. The van der Waals surface area contributed by atoms with Crippen LogP contribution in [0, 0.1) is 0 Å². The third-order valence-electron chi connectivity index (χ3n) is 2.06. The maximum absolute atomic E-state index is 10.5. The van der Waals surface area contributed by atoms with Gasteiger partial charge in [-0.15, -0.1) is 0 Å². The molecule has 6 nitrogen and oxygen atoms in total. The van der Waals surface area contributed by atoms with Crippen LogP contribution in [0.3, 0.4) is 0 Å². The summed E-state index contributed by atoms with van der Waals surface area (Å²) in [5.41, 5.74) is 0. The molecule has 0 aliphatic carbocycles. The zero-order valence-electron chi connectivity index (χ0n) is 7.79. The zero-order valence-corrected chi connectivity index (χ0v) is 7.79. The number of ether oxygens (including phenoxy) is 2. The minimum Gasteiger partial charge on any atom is -0.463 e. The molecule has 0 aromatic heterocycles. The Balaban J connectivity index is 2.42. The molecule has 6 heteroatoms. The van der Waals surface area contributed by atoms with E-state index in [-0.39, 0.29) is 13.2 Å². The first-order valence-electron chi connectivity index (χ1n) is 4.31. The lowest BCUT2D eigenvalue weighted by Crippen LogP contribution is -2.54. The molecule has 0 unspecified atom stereocenters. The van der Waals surface area contributed by atoms with Gasteiger partial charge in [0.1, 0.15) is 31.0 Å². The lowest BCUT2D eigenvalue weighted by molar-refractivity contribution is -0.200. The summed E-state index contributed by atoms with van der Waals surface area (Å²) in [5.74, 6) is -0.485. The van der Waals surface area contributed by atoms with Crippen LogP contribution >= 0.6 is 0 Å². The fraction of sp³-hybridized carbons (Fsp3) is 0.875. The Labute approximate surface area is 81.1 Å². The largest absolute Gasteiger partial charge is 0.463 e. The van der Waals surface area contributed by atoms with E-state index >= 15 is 0 Å². The molecule has 14 heavy (non-hydrogen) atoms. The van der Waals surface area contributed by atoms with Crippen LogP contribution in [0.15, 0.2) is 0 Å². The molecular weight excluding hydrogens is 192 g/mol. The van der Waals surface area contributed by atoms with Gasteiger partial charge < -0.3 is 24.8 Å². The van der Waals surface area contributed by atoms with Crippen molar-refractivity contribution in [2.24, 2.45) is 0 Å². The summed E-state index contributed by atoms with van der Waals surface area (Å²) >= 11 is 0. The number of esters is 1. The normalized spacial score (nSPS) is 38.0. The minimum atomic E-state index is -1.26. The molecule has 0 radical (unpaired) electrons. The Morgan fingerprint density at radius 1 is 1.43 bits per heavy atom. The lowest BCUT2D eigenvalue weighted by Gasteiger charge is -2.34. The first-order chi connectivity index (χ1) is 6.52. The molecule has 1 saturated heterocycles. The van der Waals surface area contributed by atoms with Crippen molar-refractivity contribution in [3.63, 3.8) is 0 Å². The van der Waals surface area contributed by atoms with Crippen LogP contribution in [-0.2, 0) is 14.3 Å². The summed E-state index contributed by atoms with van der Waals surface area (Å²) in [7, 11) is 0. The van der Waals surface area contributed by atoms with Crippen molar-refractivity contribution >= 4 is 5.97 Å². The van der Waals surface area contributed by atoms with Gasteiger partial charge in [0, 0.05) is 6.92 Å². The fourth-order valence-electron chi connectivity index (χ4n) is 1.21. The molecule has 0 aromatic rings. The summed E-state index contributed by atoms with van der Waals surface area (Å²) in [6.45, 7) is 1.03. The van der Waals surface area contributed by atoms with Gasteiger partial charge in [0.2, 0.25) is 0 Å². The highest BCUT2D eigenvalue weighted by atomic mass is 16.6. The monoisotopic (exact) mass is 206 g/mol. The molecular formula is C8H14O6. The highest BCUT2D eigenvalue weighted by molar-refractivity contribution is 5.65. The molecule has 1 aliphatic rings. The Morgan fingerprint density at radius 3 is 2.64 bits per heavy atom. The van der Waals surface area contributed by atoms with E-state index in [9.17, 15) is 15.0 Å². The third-order valence-corrected chi connectivity index (χ3v) is 2.06. The number of aliphatic hydroxyl groups excluding tert-OH is 3. The van der Waals surface area contributed by atoms with Crippen molar-refractivity contribution in [3.8, 4) is 0 Å². The van der Waals surface area contributed by atoms with Gasteiger partial charge in [-0.05, 0) is 0 Å². The third kappa shape index (κ3) is 2.65. The number of rotatable bonds is 2. The summed E-state index contributed by atoms with van der Waals surface area (Å²) in [6.07, 6.45) is -4.38. The van der Waals surface area contributed by atoms with Gasteiger partial charge in [-0.25, -0.2) is 0 Å². The molecule has 0 amide bonds. The molecule has 1 heterocycles.